The molecule has 1 aromatic heterocycles. The van der Waals surface area contributed by atoms with E-state index >= 15 is 0 Å². The number of amides is 1. The van der Waals surface area contributed by atoms with Crippen LogP contribution in [0.4, 0.5) is 5.69 Å². The van der Waals surface area contributed by atoms with Crippen molar-refractivity contribution in [1.82, 2.24) is 14.8 Å². The fourth-order valence-corrected chi connectivity index (χ4v) is 3.07. The number of hydrogen-bond donors (Lipinski definition) is 2. The number of thioether (sulfide) groups is 1. The van der Waals surface area contributed by atoms with Gasteiger partial charge in [-0.05, 0) is 44.0 Å². The predicted molar refractivity (Wildman–Crippen MR) is 86.5 cm³/mol. The summed E-state index contributed by atoms with van der Waals surface area (Å²) in [5.41, 5.74) is 0.471. The summed E-state index contributed by atoms with van der Waals surface area (Å²) >= 11 is 7.08. The van der Waals surface area contributed by atoms with Gasteiger partial charge in [0.15, 0.2) is 5.16 Å². The van der Waals surface area contributed by atoms with Gasteiger partial charge in [-0.25, -0.2) is 9.89 Å². The molecule has 22 heavy (non-hydrogen) atoms. The third-order valence-electron chi connectivity index (χ3n) is 3.35. The average Bonchev–Trinajstić information content (AvgIpc) is 3.26. The predicted octanol–water partition coefficient (Wildman–Crippen LogP) is 2.68. The lowest BCUT2D eigenvalue weighted by Gasteiger charge is -2.12. The SMILES string of the molecule is C[C@H](Sc1n[nH]c(=O)n1C1CC1)C(=O)Nc1ccc(Cl)cc1. The van der Waals surface area contributed by atoms with Crippen molar-refractivity contribution in [2.75, 3.05) is 5.32 Å². The zero-order chi connectivity index (χ0) is 15.7. The van der Waals surface area contributed by atoms with Crippen LogP contribution >= 0.6 is 23.4 Å². The Morgan fingerprint density at radius 1 is 1.45 bits per heavy atom. The Bertz CT molecular complexity index is 736. The number of H-pyrrole nitrogens is 1. The topological polar surface area (TPSA) is 79.8 Å². The number of rotatable bonds is 5. The Kier molecular flexibility index (Phi) is 4.26. The van der Waals surface area contributed by atoms with Crippen LogP contribution in [-0.2, 0) is 4.79 Å². The van der Waals surface area contributed by atoms with E-state index in [1.807, 2.05) is 0 Å². The van der Waals surface area contributed by atoms with Crippen LogP contribution in [0.1, 0.15) is 25.8 Å². The quantitative estimate of drug-likeness (QED) is 0.821. The smallest absolute Gasteiger partial charge is 0.325 e. The van der Waals surface area contributed by atoms with Crippen molar-refractivity contribution in [3.8, 4) is 0 Å². The average molecular weight is 339 g/mol. The van der Waals surface area contributed by atoms with Gasteiger partial charge in [-0.2, -0.15) is 0 Å². The molecule has 1 fully saturated rings. The van der Waals surface area contributed by atoms with E-state index in [9.17, 15) is 9.59 Å². The highest BCUT2D eigenvalue weighted by molar-refractivity contribution is 8.00. The van der Waals surface area contributed by atoms with Crippen LogP contribution in [0.3, 0.4) is 0 Å². The van der Waals surface area contributed by atoms with E-state index in [4.69, 9.17) is 11.6 Å². The van der Waals surface area contributed by atoms with Crippen LogP contribution in [0.2, 0.25) is 5.02 Å². The summed E-state index contributed by atoms with van der Waals surface area (Å²) in [5.74, 6) is -0.148. The molecular formula is C14H15ClN4O2S. The molecule has 2 N–H and O–H groups in total. The van der Waals surface area contributed by atoms with Crippen molar-refractivity contribution in [3.63, 3.8) is 0 Å². The Labute approximate surface area is 136 Å². The van der Waals surface area contributed by atoms with Gasteiger partial charge in [0.1, 0.15) is 0 Å². The van der Waals surface area contributed by atoms with E-state index in [0.29, 0.717) is 15.9 Å². The van der Waals surface area contributed by atoms with Gasteiger partial charge < -0.3 is 5.32 Å². The van der Waals surface area contributed by atoms with Crippen molar-refractivity contribution in [2.45, 2.75) is 36.2 Å². The van der Waals surface area contributed by atoms with Crippen LogP contribution < -0.4 is 11.0 Å². The third kappa shape index (κ3) is 3.36. The minimum atomic E-state index is -0.372. The summed E-state index contributed by atoms with van der Waals surface area (Å²) < 4.78 is 1.64. The van der Waals surface area contributed by atoms with Crippen LogP contribution in [0.5, 0.6) is 0 Å². The van der Waals surface area contributed by atoms with Crippen molar-refractivity contribution in [1.29, 1.82) is 0 Å². The number of halogens is 1. The Balaban J connectivity index is 1.66. The van der Waals surface area contributed by atoms with E-state index in [-0.39, 0.29) is 22.9 Å². The van der Waals surface area contributed by atoms with Crippen LogP contribution in [0.15, 0.2) is 34.2 Å². The Morgan fingerprint density at radius 2 is 2.14 bits per heavy atom. The summed E-state index contributed by atoms with van der Waals surface area (Å²) in [5, 5.41) is 10.1. The minimum absolute atomic E-state index is 0.148. The molecular weight excluding hydrogens is 324 g/mol. The highest BCUT2D eigenvalue weighted by atomic mass is 35.5. The number of anilines is 1. The zero-order valence-electron chi connectivity index (χ0n) is 11.9. The second-order valence-electron chi connectivity index (χ2n) is 5.17. The third-order valence-corrected chi connectivity index (χ3v) is 4.67. The molecule has 8 heteroatoms. The molecule has 1 heterocycles. The van der Waals surface area contributed by atoms with Gasteiger partial charge in [-0.3, -0.25) is 9.36 Å². The molecule has 1 aliphatic rings. The molecule has 0 saturated heterocycles. The van der Waals surface area contributed by atoms with Gasteiger partial charge in [0, 0.05) is 16.8 Å². The van der Waals surface area contributed by atoms with E-state index in [1.54, 1.807) is 35.8 Å². The highest BCUT2D eigenvalue weighted by Crippen LogP contribution is 2.36. The van der Waals surface area contributed by atoms with Crippen LogP contribution in [0, 0.1) is 0 Å². The van der Waals surface area contributed by atoms with Gasteiger partial charge in [-0.15, -0.1) is 5.10 Å². The number of nitrogens with one attached hydrogen (secondary N) is 2. The number of benzene rings is 1. The molecule has 2 aromatic rings. The molecule has 1 aromatic carbocycles. The van der Waals surface area contributed by atoms with Gasteiger partial charge in [0.25, 0.3) is 0 Å². The van der Waals surface area contributed by atoms with Crippen LogP contribution in [-0.4, -0.2) is 25.9 Å². The summed E-state index contributed by atoms with van der Waals surface area (Å²) in [6.45, 7) is 1.78. The van der Waals surface area contributed by atoms with Crippen molar-refractivity contribution in [3.05, 3.63) is 39.8 Å². The summed E-state index contributed by atoms with van der Waals surface area (Å²) in [6, 6.07) is 7.14. The molecule has 3 rings (SSSR count). The highest BCUT2D eigenvalue weighted by Gasteiger charge is 2.30. The number of aromatic nitrogens is 3. The first-order chi connectivity index (χ1) is 10.5. The molecule has 1 saturated carbocycles. The first kappa shape index (κ1) is 15.2. The van der Waals surface area contributed by atoms with Crippen molar-refractivity contribution >= 4 is 35.0 Å². The van der Waals surface area contributed by atoms with Crippen LogP contribution in [0.25, 0.3) is 0 Å². The van der Waals surface area contributed by atoms with E-state index in [0.717, 1.165) is 12.8 Å². The Morgan fingerprint density at radius 3 is 2.77 bits per heavy atom. The standard InChI is InChI=1S/C14H15ClN4O2S/c1-8(12(20)16-10-4-2-9(15)3-5-10)22-14-18-17-13(21)19(14)11-6-7-11/h2-5,8,11H,6-7H2,1H3,(H,16,20)(H,17,21)/t8-/m0/s1. The molecule has 0 spiro atoms. The maximum Gasteiger partial charge on any atom is 0.344 e. The maximum atomic E-state index is 12.2. The fraction of sp³-hybridized carbons (Fsp3) is 0.357. The fourth-order valence-electron chi connectivity index (χ4n) is 2.02. The maximum absolute atomic E-state index is 12.2. The lowest BCUT2D eigenvalue weighted by Crippen LogP contribution is -2.23. The molecule has 0 radical (unpaired) electrons. The number of carbonyl (C=O) groups excluding carboxylic acids is 1. The summed E-state index contributed by atoms with van der Waals surface area (Å²) in [6.07, 6.45) is 1.97. The lowest BCUT2D eigenvalue weighted by molar-refractivity contribution is -0.115. The summed E-state index contributed by atoms with van der Waals surface area (Å²) in [7, 11) is 0. The molecule has 0 unspecified atom stereocenters. The number of hydrogen-bond acceptors (Lipinski definition) is 4. The van der Waals surface area contributed by atoms with Gasteiger partial charge in [0.2, 0.25) is 5.91 Å². The van der Waals surface area contributed by atoms with Gasteiger partial charge in [0.05, 0.1) is 5.25 Å². The summed E-state index contributed by atoms with van der Waals surface area (Å²) in [4.78, 5) is 23.9. The molecule has 0 bridgehead atoms. The monoisotopic (exact) mass is 338 g/mol. The minimum Gasteiger partial charge on any atom is -0.325 e. The number of aromatic amines is 1. The normalized spacial score (nSPS) is 15.5. The molecule has 0 aliphatic heterocycles. The van der Waals surface area contributed by atoms with E-state index in [1.165, 1.54) is 11.8 Å². The first-order valence-electron chi connectivity index (χ1n) is 6.94. The second-order valence-corrected chi connectivity index (χ2v) is 6.91. The number of carbonyl (C=O) groups is 1. The molecule has 116 valence electrons. The van der Waals surface area contributed by atoms with Crippen molar-refractivity contribution < 1.29 is 4.79 Å². The molecule has 1 amide bonds. The lowest BCUT2D eigenvalue weighted by atomic mass is 10.3. The first-order valence-corrected chi connectivity index (χ1v) is 8.20. The van der Waals surface area contributed by atoms with E-state index in [2.05, 4.69) is 15.5 Å². The molecule has 1 aliphatic carbocycles. The zero-order valence-corrected chi connectivity index (χ0v) is 13.4. The van der Waals surface area contributed by atoms with Gasteiger partial charge in [-0.1, -0.05) is 23.4 Å². The largest absolute Gasteiger partial charge is 0.344 e. The molecule has 6 nitrogen and oxygen atoms in total. The van der Waals surface area contributed by atoms with E-state index < -0.39 is 0 Å². The van der Waals surface area contributed by atoms with Crippen molar-refractivity contribution in [2.24, 2.45) is 0 Å². The second kappa shape index (κ2) is 6.18. The number of nitrogens with zero attached hydrogens (tertiary/aromatic N) is 2. The Hall–Kier alpha value is -1.73. The van der Waals surface area contributed by atoms with Gasteiger partial charge >= 0.3 is 5.69 Å². The molecule has 1 atom stereocenters.